The van der Waals surface area contributed by atoms with Gasteiger partial charge < -0.3 is 9.73 Å². The molecule has 0 amide bonds. The van der Waals surface area contributed by atoms with Gasteiger partial charge in [-0.1, -0.05) is 24.3 Å². The van der Waals surface area contributed by atoms with Gasteiger partial charge in [0.05, 0.1) is 16.2 Å². The van der Waals surface area contributed by atoms with Gasteiger partial charge in [0, 0.05) is 34.8 Å². The number of nitriles is 1. The fourth-order valence-electron chi connectivity index (χ4n) is 2.77. The second-order valence-electron chi connectivity index (χ2n) is 6.14. The molecule has 0 atom stereocenters. The minimum atomic E-state index is -0.511. The largest absolute Gasteiger partial charge is 0.422 e. The Hall–Kier alpha value is -4.29. The van der Waals surface area contributed by atoms with Gasteiger partial charge in [0.1, 0.15) is 22.2 Å². The van der Waals surface area contributed by atoms with Gasteiger partial charge in [0.25, 0.3) is 5.69 Å². The first-order valence-corrected chi connectivity index (χ1v) is 9.53. The molecule has 2 aromatic heterocycles. The molecule has 1 N–H and O–H groups in total. The molecule has 0 aliphatic heterocycles. The van der Waals surface area contributed by atoms with Crippen LogP contribution in [-0.4, -0.2) is 9.91 Å². The van der Waals surface area contributed by atoms with Crippen molar-refractivity contribution in [3.8, 4) is 17.3 Å². The number of fused-ring (bicyclic) bond motifs is 1. The summed E-state index contributed by atoms with van der Waals surface area (Å²) >= 11 is 1.20. The predicted molar refractivity (Wildman–Crippen MR) is 114 cm³/mol. The Morgan fingerprint density at radius 3 is 2.87 bits per heavy atom. The molecule has 0 aliphatic rings. The lowest BCUT2D eigenvalue weighted by Gasteiger charge is -2.01. The molecule has 4 rings (SSSR count). The molecule has 0 bridgehead atoms. The number of aromatic nitrogens is 1. The summed E-state index contributed by atoms with van der Waals surface area (Å²) in [5, 5.41) is 26.1. The Morgan fingerprint density at radius 2 is 2.07 bits per heavy atom. The minimum absolute atomic E-state index is 0.0635. The summed E-state index contributed by atoms with van der Waals surface area (Å²) in [6.45, 7) is 0. The van der Waals surface area contributed by atoms with Crippen LogP contribution < -0.4 is 10.9 Å². The molecule has 146 valence electrons. The van der Waals surface area contributed by atoms with Crippen LogP contribution >= 0.6 is 11.3 Å². The Labute approximate surface area is 173 Å². The first-order valence-electron chi connectivity index (χ1n) is 8.65. The minimum Gasteiger partial charge on any atom is -0.422 e. The molecular weight excluding hydrogens is 404 g/mol. The Kier molecular flexibility index (Phi) is 5.07. The number of nitro groups is 1. The van der Waals surface area contributed by atoms with Crippen molar-refractivity contribution in [2.45, 2.75) is 0 Å². The van der Waals surface area contributed by atoms with E-state index >= 15 is 0 Å². The highest BCUT2D eigenvalue weighted by Gasteiger charge is 2.14. The molecule has 9 heteroatoms. The fourth-order valence-corrected chi connectivity index (χ4v) is 3.55. The highest BCUT2D eigenvalue weighted by Crippen LogP contribution is 2.26. The lowest BCUT2D eigenvalue weighted by Crippen LogP contribution is -2.02. The zero-order chi connectivity index (χ0) is 21.1. The van der Waals surface area contributed by atoms with E-state index in [1.165, 1.54) is 29.7 Å². The molecule has 0 radical (unpaired) electrons. The maximum Gasteiger partial charge on any atom is 0.345 e. The number of benzene rings is 2. The number of non-ortho nitro benzene ring substituents is 1. The van der Waals surface area contributed by atoms with E-state index in [4.69, 9.17) is 4.42 Å². The number of nitrogens with one attached hydrogen (secondary N) is 1. The first kappa shape index (κ1) is 19.0. The van der Waals surface area contributed by atoms with Crippen LogP contribution in [0.5, 0.6) is 0 Å². The van der Waals surface area contributed by atoms with E-state index in [0.29, 0.717) is 27.5 Å². The average molecular weight is 416 g/mol. The molecular formula is C21H12N4O4S. The smallest absolute Gasteiger partial charge is 0.345 e. The van der Waals surface area contributed by atoms with Crippen molar-refractivity contribution in [3.63, 3.8) is 0 Å². The third-order valence-corrected chi connectivity index (χ3v) is 5.09. The summed E-state index contributed by atoms with van der Waals surface area (Å²) in [5.41, 5.74) is 1.31. The molecule has 0 unspecified atom stereocenters. The van der Waals surface area contributed by atoms with Crippen molar-refractivity contribution >= 4 is 39.3 Å². The number of thiazole rings is 1. The van der Waals surface area contributed by atoms with E-state index < -0.39 is 10.5 Å². The number of allylic oxidation sites excluding steroid dienone is 1. The highest BCUT2D eigenvalue weighted by molar-refractivity contribution is 7.11. The Bertz CT molecular complexity index is 1400. The van der Waals surface area contributed by atoms with Crippen LogP contribution in [0.3, 0.4) is 0 Å². The van der Waals surface area contributed by atoms with Crippen LogP contribution in [0.4, 0.5) is 11.4 Å². The number of hydrogen-bond acceptors (Lipinski definition) is 8. The fraction of sp³-hybridized carbons (Fsp3) is 0. The number of hydrogen-bond donors (Lipinski definition) is 1. The number of rotatable bonds is 5. The molecule has 4 aromatic rings. The summed E-state index contributed by atoms with van der Waals surface area (Å²) in [6.07, 6.45) is 1.42. The van der Waals surface area contributed by atoms with E-state index in [1.54, 1.807) is 35.7 Å². The van der Waals surface area contributed by atoms with Crippen LogP contribution in [0.25, 0.3) is 27.8 Å². The predicted octanol–water partition coefficient (Wildman–Crippen LogP) is 4.80. The first-order chi connectivity index (χ1) is 14.5. The van der Waals surface area contributed by atoms with Gasteiger partial charge in [-0.2, -0.15) is 5.26 Å². The van der Waals surface area contributed by atoms with Crippen molar-refractivity contribution in [1.82, 2.24) is 4.98 Å². The van der Waals surface area contributed by atoms with Crippen molar-refractivity contribution in [1.29, 1.82) is 5.26 Å². The van der Waals surface area contributed by atoms with Crippen molar-refractivity contribution < 1.29 is 9.34 Å². The van der Waals surface area contributed by atoms with Crippen molar-refractivity contribution in [3.05, 3.63) is 91.7 Å². The normalized spacial score (nSPS) is 11.2. The quantitative estimate of drug-likeness (QED) is 0.214. The number of nitrogens with zero attached hydrogens (tertiary/aromatic N) is 3. The van der Waals surface area contributed by atoms with E-state index in [-0.39, 0.29) is 11.3 Å². The van der Waals surface area contributed by atoms with Gasteiger partial charge in [0.15, 0.2) is 0 Å². The summed E-state index contributed by atoms with van der Waals surface area (Å²) in [7, 11) is 0. The van der Waals surface area contributed by atoms with Crippen molar-refractivity contribution in [2.75, 3.05) is 5.32 Å². The topological polar surface area (TPSA) is 122 Å². The van der Waals surface area contributed by atoms with Crippen LogP contribution in [0.1, 0.15) is 5.01 Å². The molecule has 0 saturated carbocycles. The van der Waals surface area contributed by atoms with Gasteiger partial charge in [0.2, 0.25) is 0 Å². The average Bonchev–Trinajstić information content (AvgIpc) is 3.23. The van der Waals surface area contributed by atoms with Crippen LogP contribution in [0, 0.1) is 21.4 Å². The lowest BCUT2D eigenvalue weighted by atomic mass is 10.1. The third-order valence-electron chi connectivity index (χ3n) is 4.21. The van der Waals surface area contributed by atoms with Crippen LogP contribution in [-0.2, 0) is 0 Å². The van der Waals surface area contributed by atoms with Crippen molar-refractivity contribution in [2.24, 2.45) is 0 Å². The van der Waals surface area contributed by atoms with Gasteiger partial charge >= 0.3 is 5.63 Å². The number of para-hydroxylation sites is 1. The maximum atomic E-state index is 12.3. The highest BCUT2D eigenvalue weighted by atomic mass is 32.1. The van der Waals surface area contributed by atoms with E-state index in [2.05, 4.69) is 10.3 Å². The molecule has 30 heavy (non-hydrogen) atoms. The number of anilines is 1. The standard InChI is InChI=1S/C21H12N4O4S/c22-10-14(11-23-15-5-3-6-16(9-15)25(27)28)20-24-18(12-30-20)17-8-13-4-1-2-7-19(13)29-21(17)26/h1-9,11-12,23H. The number of nitro benzene ring substituents is 1. The Balaban J connectivity index is 1.64. The molecule has 0 saturated heterocycles. The molecule has 8 nitrogen and oxygen atoms in total. The third kappa shape index (κ3) is 3.80. The summed E-state index contributed by atoms with van der Waals surface area (Å²) in [5.74, 6) is 0. The van der Waals surface area contributed by atoms with Gasteiger partial charge in [-0.3, -0.25) is 10.1 Å². The van der Waals surface area contributed by atoms with Crippen LogP contribution in [0.2, 0.25) is 0 Å². The molecule has 0 spiro atoms. The molecule has 0 fully saturated rings. The second kappa shape index (κ2) is 7.98. The zero-order valence-electron chi connectivity index (χ0n) is 15.2. The van der Waals surface area contributed by atoms with Gasteiger partial charge in [-0.05, 0) is 18.2 Å². The Morgan fingerprint density at radius 1 is 1.23 bits per heavy atom. The summed E-state index contributed by atoms with van der Waals surface area (Å²) in [4.78, 5) is 27.1. The van der Waals surface area contributed by atoms with Gasteiger partial charge in [-0.15, -0.1) is 11.3 Å². The summed E-state index contributed by atoms with van der Waals surface area (Å²) < 4.78 is 5.34. The van der Waals surface area contributed by atoms with Crippen LogP contribution in [0.15, 0.2) is 75.4 Å². The SMILES string of the molecule is N#CC(=CNc1cccc([N+](=O)[O-])c1)c1nc(-c2cc3ccccc3oc2=O)cs1. The summed E-state index contributed by atoms with van der Waals surface area (Å²) in [6, 6.07) is 16.8. The second-order valence-corrected chi connectivity index (χ2v) is 7.00. The van der Waals surface area contributed by atoms with E-state index in [1.807, 2.05) is 18.2 Å². The zero-order valence-corrected chi connectivity index (χ0v) is 16.1. The molecule has 2 aromatic carbocycles. The molecule has 0 aliphatic carbocycles. The lowest BCUT2D eigenvalue weighted by molar-refractivity contribution is -0.384. The van der Waals surface area contributed by atoms with E-state index in [0.717, 1.165) is 5.39 Å². The van der Waals surface area contributed by atoms with E-state index in [9.17, 15) is 20.2 Å². The monoisotopic (exact) mass is 416 g/mol. The molecule has 2 heterocycles. The maximum absolute atomic E-state index is 12.3. The van der Waals surface area contributed by atoms with Gasteiger partial charge in [-0.25, -0.2) is 9.78 Å².